The van der Waals surface area contributed by atoms with Crippen molar-refractivity contribution in [1.29, 1.82) is 0 Å². The summed E-state index contributed by atoms with van der Waals surface area (Å²) in [6.07, 6.45) is 8.33. The van der Waals surface area contributed by atoms with Gasteiger partial charge in [0.1, 0.15) is 5.75 Å². The molecule has 0 spiro atoms. The number of aromatic hydroxyl groups is 1. The van der Waals surface area contributed by atoms with Gasteiger partial charge in [0.15, 0.2) is 0 Å². The lowest BCUT2D eigenvalue weighted by atomic mass is 10.1. The quantitative estimate of drug-likeness (QED) is 0.759. The van der Waals surface area contributed by atoms with Crippen molar-refractivity contribution in [2.45, 2.75) is 38.3 Å². The van der Waals surface area contributed by atoms with E-state index >= 15 is 0 Å². The lowest BCUT2D eigenvalue weighted by molar-refractivity contribution is 0.469. The van der Waals surface area contributed by atoms with Gasteiger partial charge < -0.3 is 5.11 Å². The molecule has 2 unspecified atom stereocenters. The van der Waals surface area contributed by atoms with E-state index in [9.17, 15) is 5.11 Å². The van der Waals surface area contributed by atoms with E-state index in [0.29, 0.717) is 11.8 Å². The fourth-order valence-corrected chi connectivity index (χ4v) is 2.33. The SMILES string of the molecule is C#CC(CC)NC1CCc2c(O)cccc21. The molecule has 0 saturated heterocycles. The van der Waals surface area contributed by atoms with Gasteiger partial charge in [-0.2, -0.15) is 0 Å². The normalized spacial score (nSPS) is 20.1. The summed E-state index contributed by atoms with van der Waals surface area (Å²) < 4.78 is 0. The molecule has 16 heavy (non-hydrogen) atoms. The van der Waals surface area contributed by atoms with Crippen LogP contribution in [0.1, 0.15) is 36.9 Å². The van der Waals surface area contributed by atoms with Crippen molar-refractivity contribution in [3.8, 4) is 18.1 Å². The first-order valence-electron chi connectivity index (χ1n) is 5.79. The van der Waals surface area contributed by atoms with E-state index in [2.05, 4.69) is 24.2 Å². The zero-order valence-corrected chi connectivity index (χ0v) is 9.53. The van der Waals surface area contributed by atoms with Gasteiger partial charge in [0.2, 0.25) is 0 Å². The summed E-state index contributed by atoms with van der Waals surface area (Å²) in [5.74, 6) is 3.16. The van der Waals surface area contributed by atoms with Crippen molar-refractivity contribution in [2.24, 2.45) is 0 Å². The van der Waals surface area contributed by atoms with Crippen molar-refractivity contribution in [1.82, 2.24) is 5.32 Å². The van der Waals surface area contributed by atoms with Gasteiger partial charge in [0.25, 0.3) is 0 Å². The van der Waals surface area contributed by atoms with E-state index in [1.165, 1.54) is 5.56 Å². The highest BCUT2D eigenvalue weighted by Gasteiger charge is 2.25. The molecule has 2 nitrogen and oxygen atoms in total. The van der Waals surface area contributed by atoms with Crippen molar-refractivity contribution in [2.75, 3.05) is 0 Å². The number of nitrogens with one attached hydrogen (secondary N) is 1. The molecule has 2 atom stereocenters. The second-order valence-corrected chi connectivity index (χ2v) is 4.23. The Morgan fingerprint density at radius 1 is 1.62 bits per heavy atom. The van der Waals surface area contributed by atoms with E-state index in [4.69, 9.17) is 6.42 Å². The van der Waals surface area contributed by atoms with E-state index in [1.54, 1.807) is 6.07 Å². The molecule has 0 saturated carbocycles. The first-order chi connectivity index (χ1) is 7.76. The first-order valence-corrected chi connectivity index (χ1v) is 5.79. The predicted molar refractivity (Wildman–Crippen MR) is 65.2 cm³/mol. The summed E-state index contributed by atoms with van der Waals surface area (Å²) in [6, 6.07) is 6.13. The molecule has 0 aliphatic heterocycles. The number of benzene rings is 1. The highest BCUT2D eigenvalue weighted by atomic mass is 16.3. The molecule has 0 fully saturated rings. The van der Waals surface area contributed by atoms with E-state index in [1.807, 2.05) is 6.07 Å². The Hall–Kier alpha value is -1.46. The van der Waals surface area contributed by atoms with Crippen LogP contribution in [0.5, 0.6) is 5.75 Å². The summed E-state index contributed by atoms with van der Waals surface area (Å²) in [5.41, 5.74) is 2.28. The standard InChI is InChI=1S/C14H17NO/c1-3-10(4-2)15-13-9-8-12-11(13)6-5-7-14(12)16/h1,5-7,10,13,15-16H,4,8-9H2,2H3. The molecule has 0 aromatic heterocycles. The number of phenols is 1. The molecular weight excluding hydrogens is 198 g/mol. The van der Waals surface area contributed by atoms with E-state index < -0.39 is 0 Å². The van der Waals surface area contributed by atoms with Crippen molar-refractivity contribution in [3.05, 3.63) is 29.3 Å². The number of rotatable bonds is 3. The molecule has 1 aliphatic rings. The van der Waals surface area contributed by atoms with Crippen LogP contribution in [0.2, 0.25) is 0 Å². The number of phenolic OH excluding ortho intramolecular Hbond substituents is 1. The third-order valence-electron chi connectivity index (χ3n) is 3.26. The van der Waals surface area contributed by atoms with E-state index in [0.717, 1.165) is 24.8 Å². The van der Waals surface area contributed by atoms with Gasteiger partial charge in [0, 0.05) is 6.04 Å². The van der Waals surface area contributed by atoms with Crippen molar-refractivity contribution < 1.29 is 5.11 Å². The third-order valence-corrected chi connectivity index (χ3v) is 3.26. The Morgan fingerprint density at radius 2 is 2.44 bits per heavy atom. The van der Waals surface area contributed by atoms with Crippen LogP contribution < -0.4 is 5.32 Å². The maximum absolute atomic E-state index is 9.73. The van der Waals surface area contributed by atoms with Crippen LogP contribution in [0.4, 0.5) is 0 Å². The Balaban J connectivity index is 2.18. The van der Waals surface area contributed by atoms with Gasteiger partial charge in [-0.15, -0.1) is 6.42 Å². The summed E-state index contributed by atoms with van der Waals surface area (Å²) in [4.78, 5) is 0. The summed E-state index contributed by atoms with van der Waals surface area (Å²) >= 11 is 0. The highest BCUT2D eigenvalue weighted by molar-refractivity contribution is 5.44. The topological polar surface area (TPSA) is 32.3 Å². The molecule has 2 rings (SSSR count). The summed E-state index contributed by atoms with van der Waals surface area (Å²) in [7, 11) is 0. The monoisotopic (exact) mass is 215 g/mol. The largest absolute Gasteiger partial charge is 0.508 e. The predicted octanol–water partition coefficient (Wildman–Crippen LogP) is 2.38. The zero-order valence-electron chi connectivity index (χ0n) is 9.53. The Morgan fingerprint density at radius 3 is 3.12 bits per heavy atom. The first kappa shape index (κ1) is 11.0. The smallest absolute Gasteiger partial charge is 0.119 e. The molecule has 1 aromatic rings. The minimum atomic E-state index is 0.123. The number of terminal acetylenes is 1. The van der Waals surface area contributed by atoms with Crippen LogP contribution in [-0.4, -0.2) is 11.1 Å². The van der Waals surface area contributed by atoms with Gasteiger partial charge in [-0.1, -0.05) is 25.0 Å². The number of fused-ring (bicyclic) bond motifs is 1. The van der Waals surface area contributed by atoms with Crippen LogP contribution >= 0.6 is 0 Å². The summed E-state index contributed by atoms with van der Waals surface area (Å²) in [6.45, 7) is 2.08. The molecule has 2 N–H and O–H groups in total. The molecule has 2 heteroatoms. The highest BCUT2D eigenvalue weighted by Crippen LogP contribution is 2.36. The van der Waals surface area contributed by atoms with Gasteiger partial charge >= 0.3 is 0 Å². The molecule has 84 valence electrons. The third kappa shape index (κ3) is 1.91. The Bertz CT molecular complexity index is 419. The average Bonchev–Trinajstić information content (AvgIpc) is 2.71. The lowest BCUT2D eigenvalue weighted by Crippen LogP contribution is -2.29. The van der Waals surface area contributed by atoms with Gasteiger partial charge in [0.05, 0.1) is 6.04 Å². The molecular formula is C14H17NO. The van der Waals surface area contributed by atoms with Crippen LogP contribution in [0, 0.1) is 12.3 Å². The van der Waals surface area contributed by atoms with Crippen LogP contribution in [0.3, 0.4) is 0 Å². The number of hydrogen-bond donors (Lipinski definition) is 2. The van der Waals surface area contributed by atoms with E-state index in [-0.39, 0.29) is 6.04 Å². The van der Waals surface area contributed by atoms with Gasteiger partial charge in [-0.3, -0.25) is 5.32 Å². The van der Waals surface area contributed by atoms with Crippen LogP contribution in [-0.2, 0) is 6.42 Å². The maximum Gasteiger partial charge on any atom is 0.119 e. The second kappa shape index (κ2) is 4.59. The number of hydrogen-bond acceptors (Lipinski definition) is 2. The van der Waals surface area contributed by atoms with Gasteiger partial charge in [-0.05, 0) is 36.5 Å². The zero-order chi connectivity index (χ0) is 11.5. The molecule has 0 radical (unpaired) electrons. The Kier molecular flexibility index (Phi) is 3.17. The minimum absolute atomic E-state index is 0.123. The van der Waals surface area contributed by atoms with Crippen molar-refractivity contribution in [3.63, 3.8) is 0 Å². The fraction of sp³-hybridized carbons (Fsp3) is 0.429. The second-order valence-electron chi connectivity index (χ2n) is 4.23. The molecule has 0 heterocycles. The minimum Gasteiger partial charge on any atom is -0.508 e. The Labute approximate surface area is 96.7 Å². The van der Waals surface area contributed by atoms with Gasteiger partial charge in [-0.25, -0.2) is 0 Å². The maximum atomic E-state index is 9.73. The lowest BCUT2D eigenvalue weighted by Gasteiger charge is -2.18. The van der Waals surface area contributed by atoms with Crippen molar-refractivity contribution >= 4 is 0 Å². The molecule has 1 aromatic carbocycles. The molecule has 1 aliphatic carbocycles. The summed E-state index contributed by atoms with van der Waals surface area (Å²) in [5, 5.41) is 13.2. The van der Waals surface area contributed by atoms with Crippen LogP contribution in [0.25, 0.3) is 0 Å². The fourth-order valence-electron chi connectivity index (χ4n) is 2.33. The molecule has 0 amide bonds. The molecule has 0 bridgehead atoms. The van der Waals surface area contributed by atoms with Crippen LogP contribution in [0.15, 0.2) is 18.2 Å². The average molecular weight is 215 g/mol.